The van der Waals surface area contributed by atoms with Gasteiger partial charge in [0.2, 0.25) is 16.0 Å². The molecule has 2 heterocycles. The zero-order valence-corrected chi connectivity index (χ0v) is 20.0. The molecular weight excluding hydrogens is 474 g/mol. The molecule has 2 aliphatic rings. The van der Waals surface area contributed by atoms with E-state index in [1.54, 1.807) is 20.8 Å². The lowest BCUT2D eigenvalue weighted by Crippen LogP contribution is -2.67. The molecule has 0 bridgehead atoms. The Morgan fingerprint density at radius 1 is 1.35 bits per heavy atom. The number of nitrogens with zero attached hydrogens (tertiary/aromatic N) is 3. The summed E-state index contributed by atoms with van der Waals surface area (Å²) in [4.78, 5) is 29.7. The fourth-order valence-electron chi connectivity index (χ4n) is 3.89. The number of amides is 2. The molecule has 186 valence electrons. The van der Waals surface area contributed by atoms with Gasteiger partial charge in [0, 0.05) is 25.2 Å². The molecule has 0 aromatic heterocycles. The van der Waals surface area contributed by atoms with Gasteiger partial charge in [0.1, 0.15) is 34.6 Å². The van der Waals surface area contributed by atoms with Crippen LogP contribution in [0.15, 0.2) is 35.8 Å². The monoisotopic (exact) mass is 500 g/mol. The molecule has 0 aliphatic carbocycles. The number of halogens is 2. The zero-order chi connectivity index (χ0) is 25.5. The Morgan fingerprint density at radius 3 is 2.62 bits per heavy atom. The first kappa shape index (κ1) is 25.4. The number of aliphatic imine (C=N–C) groups is 1. The van der Waals surface area contributed by atoms with Crippen LogP contribution in [-0.2, 0) is 25.0 Å². The van der Waals surface area contributed by atoms with E-state index in [0.717, 1.165) is 28.4 Å². The molecule has 0 spiro atoms. The van der Waals surface area contributed by atoms with Crippen LogP contribution in [-0.4, -0.2) is 73.4 Å². The van der Waals surface area contributed by atoms with Crippen LogP contribution < -0.4 is 5.32 Å². The number of benzene rings is 1. The largest absolute Gasteiger partial charge is 0.445 e. The Labute approximate surface area is 196 Å². The molecule has 10 nitrogen and oxygen atoms in total. The Hall–Kier alpha value is -3.22. The van der Waals surface area contributed by atoms with Crippen molar-refractivity contribution in [2.24, 2.45) is 4.99 Å². The van der Waals surface area contributed by atoms with Gasteiger partial charge >= 0.3 is 12.2 Å². The lowest BCUT2D eigenvalue weighted by molar-refractivity contribution is 0.0601. The molecule has 2 fully saturated rings. The normalized spacial score (nSPS) is 24.9. The second-order valence-electron chi connectivity index (χ2n) is 8.88. The summed E-state index contributed by atoms with van der Waals surface area (Å²) in [5.41, 5.74) is -2.92. The molecule has 1 N–H and O–H groups in total. The molecule has 13 heteroatoms. The van der Waals surface area contributed by atoms with Gasteiger partial charge in [0.25, 0.3) is 0 Å². The van der Waals surface area contributed by atoms with Crippen LogP contribution in [0.2, 0.25) is 0 Å². The molecule has 3 rings (SSSR count). The third kappa shape index (κ3) is 4.69. The van der Waals surface area contributed by atoms with Gasteiger partial charge in [0.15, 0.2) is 0 Å². The third-order valence-electron chi connectivity index (χ3n) is 5.34. The maximum Gasteiger partial charge on any atom is 0.437 e. The minimum Gasteiger partial charge on any atom is -0.445 e. The second-order valence-corrected chi connectivity index (χ2v) is 11.0. The van der Waals surface area contributed by atoms with Gasteiger partial charge < -0.3 is 19.7 Å². The molecule has 2 saturated heterocycles. The van der Waals surface area contributed by atoms with E-state index >= 15 is 0 Å². The predicted molar refractivity (Wildman–Crippen MR) is 118 cm³/mol. The first-order valence-corrected chi connectivity index (χ1v) is 11.8. The number of hydrogen-bond donors (Lipinski definition) is 1. The molecule has 1 aromatic carbocycles. The molecule has 2 atom stereocenters. The smallest absolute Gasteiger partial charge is 0.437 e. The maximum atomic E-state index is 15.0. The summed E-state index contributed by atoms with van der Waals surface area (Å²) >= 11 is 0. The van der Waals surface area contributed by atoms with Gasteiger partial charge in [-0.05, 0) is 26.8 Å². The Bertz CT molecular complexity index is 1150. The van der Waals surface area contributed by atoms with Crippen molar-refractivity contribution < 1.29 is 36.3 Å². The van der Waals surface area contributed by atoms with Crippen LogP contribution >= 0.6 is 0 Å². The minimum absolute atomic E-state index is 0.122. The van der Waals surface area contributed by atoms with Gasteiger partial charge in [-0.15, -0.1) is 4.99 Å². The van der Waals surface area contributed by atoms with Gasteiger partial charge in [-0.25, -0.2) is 31.1 Å². The van der Waals surface area contributed by atoms with Crippen molar-refractivity contribution >= 4 is 28.2 Å². The van der Waals surface area contributed by atoms with Crippen molar-refractivity contribution in [2.45, 2.75) is 37.2 Å². The second kappa shape index (κ2) is 8.85. The molecular formula is C21H26F2N4O6S. The summed E-state index contributed by atoms with van der Waals surface area (Å²) in [6, 6.07) is 2.67. The fraction of sp³-hybridized carbons (Fsp3) is 0.476. The molecule has 2 aliphatic heterocycles. The molecule has 0 radical (unpaired) electrons. The molecule has 2 amide bonds. The van der Waals surface area contributed by atoms with Crippen LogP contribution in [0.5, 0.6) is 0 Å². The zero-order valence-electron chi connectivity index (χ0n) is 19.2. The highest BCUT2D eigenvalue weighted by molar-refractivity contribution is 7.90. The van der Waals surface area contributed by atoms with E-state index in [-0.39, 0.29) is 25.3 Å². The van der Waals surface area contributed by atoms with Gasteiger partial charge in [-0.2, -0.15) is 0 Å². The topological polar surface area (TPSA) is 118 Å². The number of ether oxygens (including phenoxy) is 2. The summed E-state index contributed by atoms with van der Waals surface area (Å²) in [7, 11) is -3.13. The standard InChI is InChI=1S/C21H26F2N4O6S/c1-6-9-32-19(29)27-11-16-21(12-27,14-8-7-13(22)10-15(14)23)25-17(26(5)34(16,30)31)24-18(28)33-20(2,3)4/h6-8,10,16H,1,9,11-12H2,2-5H3,(H,24,25,28). The SMILES string of the molecule is C=CCOC(=O)N1CC2C(c3ccc(F)cc3F)(C1)N/C(=N\C(=O)OC(C)(C)C)N(C)S2(=O)=O. The number of hydrogen-bond acceptors (Lipinski definition) is 6. The van der Waals surface area contributed by atoms with Crippen molar-refractivity contribution in [3.63, 3.8) is 0 Å². The Kier molecular flexibility index (Phi) is 6.62. The molecule has 0 saturated carbocycles. The highest BCUT2D eigenvalue weighted by Crippen LogP contribution is 2.42. The molecule has 34 heavy (non-hydrogen) atoms. The summed E-state index contributed by atoms with van der Waals surface area (Å²) < 4.78 is 66.5. The van der Waals surface area contributed by atoms with E-state index < -0.39 is 56.2 Å². The minimum atomic E-state index is -4.30. The van der Waals surface area contributed by atoms with Crippen LogP contribution in [0.25, 0.3) is 0 Å². The third-order valence-corrected chi connectivity index (χ3v) is 7.54. The van der Waals surface area contributed by atoms with E-state index in [9.17, 15) is 26.8 Å². The van der Waals surface area contributed by atoms with Crippen molar-refractivity contribution in [3.05, 3.63) is 48.1 Å². The summed E-state index contributed by atoms with van der Waals surface area (Å²) in [6.07, 6.45) is -0.586. The Morgan fingerprint density at radius 2 is 2.03 bits per heavy atom. The van der Waals surface area contributed by atoms with E-state index in [4.69, 9.17) is 9.47 Å². The number of sulfonamides is 1. The van der Waals surface area contributed by atoms with Gasteiger partial charge in [-0.1, -0.05) is 18.7 Å². The molecule has 1 aromatic rings. The first-order valence-electron chi connectivity index (χ1n) is 10.3. The quantitative estimate of drug-likeness (QED) is 0.633. The van der Waals surface area contributed by atoms with Crippen LogP contribution in [0.1, 0.15) is 26.3 Å². The number of nitrogens with one attached hydrogen (secondary N) is 1. The predicted octanol–water partition coefficient (Wildman–Crippen LogP) is 2.32. The highest BCUT2D eigenvalue weighted by Gasteiger charge is 2.61. The van der Waals surface area contributed by atoms with Crippen molar-refractivity contribution in [3.8, 4) is 0 Å². The van der Waals surface area contributed by atoms with E-state index in [2.05, 4.69) is 16.9 Å². The lowest BCUT2D eigenvalue weighted by Gasteiger charge is -2.44. The number of likely N-dealkylation sites (tertiary alicyclic amines) is 1. The van der Waals surface area contributed by atoms with Crippen molar-refractivity contribution in [2.75, 3.05) is 26.7 Å². The first-order chi connectivity index (χ1) is 15.7. The lowest BCUT2D eigenvalue weighted by atomic mass is 9.87. The number of guanidine groups is 1. The number of fused-ring (bicyclic) bond motifs is 1. The average Bonchev–Trinajstić information content (AvgIpc) is 3.10. The summed E-state index contributed by atoms with van der Waals surface area (Å²) in [5.74, 6) is -2.33. The molecule has 2 unspecified atom stereocenters. The summed E-state index contributed by atoms with van der Waals surface area (Å²) in [6.45, 7) is 7.43. The van der Waals surface area contributed by atoms with E-state index in [1.165, 1.54) is 6.08 Å². The highest BCUT2D eigenvalue weighted by atomic mass is 32.2. The van der Waals surface area contributed by atoms with Gasteiger partial charge in [0.05, 0.1) is 6.54 Å². The van der Waals surface area contributed by atoms with E-state index in [0.29, 0.717) is 6.07 Å². The van der Waals surface area contributed by atoms with Crippen LogP contribution in [0.4, 0.5) is 18.4 Å². The maximum absolute atomic E-state index is 15.0. The van der Waals surface area contributed by atoms with Crippen LogP contribution in [0, 0.1) is 11.6 Å². The van der Waals surface area contributed by atoms with Crippen LogP contribution in [0.3, 0.4) is 0 Å². The number of rotatable bonds is 3. The van der Waals surface area contributed by atoms with E-state index in [1.807, 2.05) is 0 Å². The van der Waals surface area contributed by atoms with Gasteiger partial charge in [-0.3, -0.25) is 0 Å². The van der Waals surface area contributed by atoms with Crippen molar-refractivity contribution in [1.82, 2.24) is 14.5 Å². The van der Waals surface area contributed by atoms with Crippen molar-refractivity contribution in [1.29, 1.82) is 0 Å². The Balaban J connectivity index is 2.14. The average molecular weight is 501 g/mol. The summed E-state index contributed by atoms with van der Waals surface area (Å²) in [5, 5.41) is 1.43. The number of carbonyl (C=O) groups is 2. The fourth-order valence-corrected chi connectivity index (χ4v) is 5.74. The number of carbonyl (C=O) groups excluding carboxylic acids is 2.